The van der Waals surface area contributed by atoms with E-state index in [1.165, 1.54) is 16.9 Å². The molecule has 0 radical (unpaired) electrons. The van der Waals surface area contributed by atoms with Crippen LogP contribution in [0.25, 0.3) is 10.2 Å². The molecule has 0 fully saturated rings. The highest BCUT2D eigenvalue weighted by molar-refractivity contribution is 7.17. The Hall–Kier alpha value is -1.94. The molecule has 0 aliphatic rings. The maximum Gasteiger partial charge on any atom is 0.271 e. The van der Waals surface area contributed by atoms with Gasteiger partial charge in [0.15, 0.2) is 0 Å². The van der Waals surface area contributed by atoms with E-state index < -0.39 is 0 Å². The summed E-state index contributed by atoms with van der Waals surface area (Å²) in [4.78, 5) is 16.9. The molecular formula is C17H18N2OS. The predicted molar refractivity (Wildman–Crippen MR) is 88.3 cm³/mol. The number of aromatic nitrogens is 2. The molecule has 0 N–H and O–H groups in total. The van der Waals surface area contributed by atoms with Gasteiger partial charge in [-0.25, -0.2) is 4.98 Å². The van der Waals surface area contributed by atoms with Crippen molar-refractivity contribution in [1.82, 2.24) is 9.55 Å². The molecule has 0 amide bonds. The quantitative estimate of drug-likeness (QED) is 0.734. The zero-order chi connectivity index (χ0) is 15.0. The summed E-state index contributed by atoms with van der Waals surface area (Å²) in [7, 11) is 0. The Morgan fingerprint density at radius 2 is 1.95 bits per heavy atom. The van der Waals surface area contributed by atoms with Crippen LogP contribution in [0.5, 0.6) is 0 Å². The van der Waals surface area contributed by atoms with Gasteiger partial charge in [-0.3, -0.25) is 9.36 Å². The van der Waals surface area contributed by atoms with Gasteiger partial charge in [0.25, 0.3) is 5.56 Å². The largest absolute Gasteiger partial charge is 0.294 e. The monoisotopic (exact) mass is 298 g/mol. The molecule has 108 valence electrons. The molecule has 21 heavy (non-hydrogen) atoms. The van der Waals surface area contributed by atoms with Crippen LogP contribution in [-0.4, -0.2) is 9.55 Å². The second-order valence-corrected chi connectivity index (χ2v) is 6.55. The van der Waals surface area contributed by atoms with Gasteiger partial charge in [-0.2, -0.15) is 0 Å². The second kappa shape index (κ2) is 5.45. The first kappa shape index (κ1) is 14.0. The van der Waals surface area contributed by atoms with Crippen molar-refractivity contribution >= 4 is 21.6 Å². The molecule has 0 unspecified atom stereocenters. The Balaban J connectivity index is 1.94. The van der Waals surface area contributed by atoms with Crippen molar-refractivity contribution in [3.05, 3.63) is 63.0 Å². The van der Waals surface area contributed by atoms with Gasteiger partial charge >= 0.3 is 0 Å². The Morgan fingerprint density at radius 1 is 1.24 bits per heavy atom. The van der Waals surface area contributed by atoms with E-state index in [1.54, 1.807) is 10.9 Å². The molecule has 2 aromatic heterocycles. The van der Waals surface area contributed by atoms with Crippen molar-refractivity contribution in [2.24, 2.45) is 0 Å². The van der Waals surface area contributed by atoms with Gasteiger partial charge in [0.05, 0.1) is 18.4 Å². The van der Waals surface area contributed by atoms with Crippen LogP contribution in [-0.2, 0) is 6.54 Å². The van der Waals surface area contributed by atoms with Crippen LogP contribution < -0.4 is 5.56 Å². The van der Waals surface area contributed by atoms with Crippen molar-refractivity contribution in [3.8, 4) is 0 Å². The van der Waals surface area contributed by atoms with E-state index in [2.05, 4.69) is 43.1 Å². The lowest BCUT2D eigenvalue weighted by Gasteiger charge is -2.08. The Labute approximate surface area is 127 Å². The molecule has 3 nitrogen and oxygen atoms in total. The summed E-state index contributed by atoms with van der Waals surface area (Å²) in [6.45, 7) is 6.91. The van der Waals surface area contributed by atoms with E-state index in [1.807, 2.05) is 12.3 Å². The molecule has 0 aliphatic carbocycles. The first-order valence-electron chi connectivity index (χ1n) is 7.08. The van der Waals surface area contributed by atoms with Gasteiger partial charge in [0.2, 0.25) is 0 Å². The third kappa shape index (κ3) is 2.63. The van der Waals surface area contributed by atoms with Gasteiger partial charge in [0, 0.05) is 0 Å². The Bertz CT molecular complexity index is 828. The van der Waals surface area contributed by atoms with Crippen LogP contribution in [0, 0.1) is 6.92 Å². The smallest absolute Gasteiger partial charge is 0.271 e. The van der Waals surface area contributed by atoms with Crippen LogP contribution in [0.15, 0.2) is 40.8 Å². The minimum Gasteiger partial charge on any atom is -0.294 e. The van der Waals surface area contributed by atoms with Crippen molar-refractivity contribution in [2.75, 3.05) is 0 Å². The lowest BCUT2D eigenvalue weighted by Crippen LogP contribution is -2.20. The van der Waals surface area contributed by atoms with Crippen LogP contribution in [0.4, 0.5) is 0 Å². The van der Waals surface area contributed by atoms with Gasteiger partial charge in [-0.15, -0.1) is 11.3 Å². The number of fused-ring (bicyclic) bond motifs is 1. The van der Waals surface area contributed by atoms with Crippen LogP contribution in [0.1, 0.15) is 36.5 Å². The summed E-state index contributed by atoms with van der Waals surface area (Å²) in [6.07, 6.45) is 1.65. The fourth-order valence-corrected chi connectivity index (χ4v) is 3.33. The maximum absolute atomic E-state index is 12.5. The SMILES string of the molecule is Cc1csc2c(=O)n(Cc3ccc(C(C)C)cc3)cnc12. The van der Waals surface area contributed by atoms with Crippen molar-refractivity contribution in [1.29, 1.82) is 0 Å². The Kier molecular flexibility index (Phi) is 3.64. The number of hydrogen-bond acceptors (Lipinski definition) is 3. The fraction of sp³-hybridized carbons (Fsp3) is 0.294. The molecule has 0 atom stereocenters. The number of thiophene rings is 1. The van der Waals surface area contributed by atoms with Crippen LogP contribution in [0.3, 0.4) is 0 Å². The van der Waals surface area contributed by atoms with Crippen molar-refractivity contribution in [3.63, 3.8) is 0 Å². The molecular weight excluding hydrogens is 280 g/mol. The molecule has 0 aliphatic heterocycles. The number of benzene rings is 1. The third-order valence-corrected chi connectivity index (χ3v) is 4.80. The summed E-state index contributed by atoms with van der Waals surface area (Å²) in [6, 6.07) is 8.44. The third-order valence-electron chi connectivity index (χ3n) is 3.72. The zero-order valence-corrected chi connectivity index (χ0v) is 13.3. The molecule has 1 aromatic carbocycles. The van der Waals surface area contributed by atoms with Crippen LogP contribution >= 0.6 is 11.3 Å². The minimum absolute atomic E-state index is 0.0473. The normalized spacial score (nSPS) is 11.4. The lowest BCUT2D eigenvalue weighted by atomic mass is 10.0. The van der Waals surface area contributed by atoms with Crippen molar-refractivity contribution < 1.29 is 0 Å². The highest BCUT2D eigenvalue weighted by atomic mass is 32.1. The van der Waals surface area contributed by atoms with E-state index in [-0.39, 0.29) is 5.56 Å². The van der Waals surface area contributed by atoms with E-state index >= 15 is 0 Å². The van der Waals surface area contributed by atoms with Crippen LogP contribution in [0.2, 0.25) is 0 Å². The van der Waals surface area contributed by atoms with Gasteiger partial charge in [0.1, 0.15) is 4.70 Å². The second-order valence-electron chi connectivity index (χ2n) is 5.67. The summed E-state index contributed by atoms with van der Waals surface area (Å²) in [5.74, 6) is 0.522. The fourth-order valence-electron chi connectivity index (χ4n) is 2.38. The van der Waals surface area contributed by atoms with E-state index in [0.29, 0.717) is 12.5 Å². The standard InChI is InChI=1S/C17H18N2OS/c1-11(2)14-6-4-13(5-7-14)8-19-10-18-15-12(3)9-21-16(15)17(19)20/h4-7,9-11H,8H2,1-3H3. The van der Waals surface area contributed by atoms with Gasteiger partial charge in [-0.05, 0) is 34.9 Å². The lowest BCUT2D eigenvalue weighted by molar-refractivity contribution is 0.748. The van der Waals surface area contributed by atoms with E-state index in [4.69, 9.17) is 0 Å². The highest BCUT2D eigenvalue weighted by Gasteiger charge is 2.08. The molecule has 0 bridgehead atoms. The van der Waals surface area contributed by atoms with Gasteiger partial charge < -0.3 is 0 Å². The average Bonchev–Trinajstić information content (AvgIpc) is 2.85. The Morgan fingerprint density at radius 3 is 2.62 bits per heavy atom. The first-order chi connectivity index (χ1) is 10.1. The predicted octanol–water partition coefficient (Wildman–Crippen LogP) is 3.94. The van der Waals surface area contributed by atoms with Gasteiger partial charge in [-0.1, -0.05) is 38.1 Å². The molecule has 3 aromatic rings. The maximum atomic E-state index is 12.5. The number of hydrogen-bond donors (Lipinski definition) is 0. The highest BCUT2D eigenvalue weighted by Crippen LogP contribution is 2.20. The molecule has 0 spiro atoms. The summed E-state index contributed by atoms with van der Waals surface area (Å²) >= 11 is 1.48. The van der Waals surface area contributed by atoms with Crippen molar-refractivity contribution in [2.45, 2.75) is 33.2 Å². The molecule has 4 heteroatoms. The zero-order valence-electron chi connectivity index (χ0n) is 12.5. The molecule has 0 saturated heterocycles. The molecule has 0 saturated carbocycles. The summed E-state index contributed by atoms with van der Waals surface area (Å²) in [5, 5.41) is 1.99. The number of rotatable bonds is 3. The van der Waals surface area contributed by atoms with E-state index in [0.717, 1.165) is 21.3 Å². The molecule has 3 rings (SSSR count). The summed E-state index contributed by atoms with van der Waals surface area (Å²) < 4.78 is 2.43. The number of aryl methyl sites for hydroxylation is 1. The summed E-state index contributed by atoms with van der Waals surface area (Å²) in [5.41, 5.74) is 4.38. The van der Waals surface area contributed by atoms with E-state index in [9.17, 15) is 4.79 Å². The molecule has 2 heterocycles. The number of nitrogens with zero attached hydrogens (tertiary/aromatic N) is 2. The topological polar surface area (TPSA) is 34.9 Å². The first-order valence-corrected chi connectivity index (χ1v) is 7.96. The minimum atomic E-state index is 0.0473. The average molecular weight is 298 g/mol.